The topological polar surface area (TPSA) is 91.3 Å². The highest BCUT2D eigenvalue weighted by Gasteiger charge is 2.39. The van der Waals surface area contributed by atoms with Gasteiger partial charge in [0.1, 0.15) is 21.5 Å². The highest BCUT2D eigenvalue weighted by Crippen LogP contribution is 2.40. The summed E-state index contributed by atoms with van der Waals surface area (Å²) < 4.78 is 23.4. The molecule has 0 spiro atoms. The number of pyridine rings is 1. The molecule has 1 saturated carbocycles. The number of fused-ring (bicyclic) bond motifs is 3. The van der Waals surface area contributed by atoms with Gasteiger partial charge < -0.3 is 15.1 Å². The summed E-state index contributed by atoms with van der Waals surface area (Å²) in [6, 6.07) is 8.94. The third kappa shape index (κ3) is 4.49. The number of hydrogen-bond donors (Lipinski definition) is 1. The normalized spacial score (nSPS) is 22.0. The maximum atomic E-state index is 11.7. The third-order valence-corrected chi connectivity index (χ3v) is 9.01. The van der Waals surface area contributed by atoms with Crippen LogP contribution >= 0.6 is 0 Å². The summed E-state index contributed by atoms with van der Waals surface area (Å²) in [5.41, 5.74) is 2.38. The first-order valence-corrected chi connectivity index (χ1v) is 15.0. The lowest BCUT2D eigenvalue weighted by Crippen LogP contribution is -2.49. The number of rotatable bonds is 7. The zero-order chi connectivity index (χ0) is 25.0. The quantitative estimate of drug-likeness (QED) is 0.505. The van der Waals surface area contributed by atoms with Crippen LogP contribution in [0.4, 0.5) is 23.3 Å². The summed E-state index contributed by atoms with van der Waals surface area (Å²) in [5.74, 6) is 3.90. The van der Waals surface area contributed by atoms with E-state index in [1.165, 1.54) is 31.1 Å². The van der Waals surface area contributed by atoms with Crippen LogP contribution in [0.25, 0.3) is 10.8 Å². The Balaban J connectivity index is 1.26. The first-order valence-electron chi connectivity index (χ1n) is 13.0. The summed E-state index contributed by atoms with van der Waals surface area (Å²) >= 11 is 0. The van der Waals surface area contributed by atoms with E-state index >= 15 is 0 Å². The predicted octanol–water partition coefficient (Wildman–Crippen LogP) is 4.36. The van der Waals surface area contributed by atoms with Crippen molar-refractivity contribution in [1.29, 1.82) is 0 Å². The second-order valence-corrected chi connectivity index (χ2v) is 13.3. The van der Waals surface area contributed by atoms with E-state index in [0.717, 1.165) is 59.6 Å². The van der Waals surface area contributed by atoms with Gasteiger partial charge in [0.25, 0.3) is 0 Å². The van der Waals surface area contributed by atoms with Gasteiger partial charge in [0, 0.05) is 61.3 Å². The van der Waals surface area contributed by atoms with Gasteiger partial charge in [-0.25, -0.2) is 18.4 Å². The molecule has 2 aromatic heterocycles. The molecule has 2 aliphatic heterocycles. The Labute approximate surface area is 213 Å². The maximum absolute atomic E-state index is 11.7. The number of anilines is 4. The third-order valence-electron chi connectivity index (χ3n) is 7.94. The summed E-state index contributed by atoms with van der Waals surface area (Å²) in [7, 11) is -2.96. The molecule has 2 atom stereocenters. The van der Waals surface area contributed by atoms with E-state index in [1.807, 2.05) is 18.5 Å². The molecule has 1 aromatic carbocycles. The second-order valence-electron chi connectivity index (χ2n) is 11.2. The SMILES string of the molecule is CC(C)c1ccc(N2CC(CS(C)(=O)=O)C2)c2cnc(Nc3ccnc(N4C[C@@H]5CC[C@H]4C5)n3)cc12. The first-order chi connectivity index (χ1) is 17.2. The van der Waals surface area contributed by atoms with E-state index in [2.05, 4.69) is 52.1 Å². The number of aromatic nitrogens is 3. The molecule has 1 N–H and O–H groups in total. The Hall–Kier alpha value is -2.94. The van der Waals surface area contributed by atoms with Gasteiger partial charge in [-0.15, -0.1) is 0 Å². The molecule has 9 heteroatoms. The van der Waals surface area contributed by atoms with E-state index in [-0.39, 0.29) is 11.7 Å². The molecule has 1 aliphatic carbocycles. The van der Waals surface area contributed by atoms with Gasteiger partial charge in [-0.2, -0.15) is 4.98 Å². The van der Waals surface area contributed by atoms with Crippen LogP contribution < -0.4 is 15.1 Å². The molecule has 36 heavy (non-hydrogen) atoms. The Kier molecular flexibility index (Phi) is 5.78. The van der Waals surface area contributed by atoms with Gasteiger partial charge in [0.2, 0.25) is 5.95 Å². The van der Waals surface area contributed by atoms with E-state index in [1.54, 1.807) is 0 Å². The van der Waals surface area contributed by atoms with Gasteiger partial charge in [-0.3, -0.25) is 0 Å². The van der Waals surface area contributed by atoms with Crippen molar-refractivity contribution in [2.24, 2.45) is 11.8 Å². The van der Waals surface area contributed by atoms with Gasteiger partial charge in [-0.1, -0.05) is 19.9 Å². The highest BCUT2D eigenvalue weighted by molar-refractivity contribution is 7.90. The zero-order valence-electron chi connectivity index (χ0n) is 21.2. The molecule has 4 heterocycles. The fraction of sp³-hybridized carbons (Fsp3) is 0.519. The van der Waals surface area contributed by atoms with Crippen molar-refractivity contribution in [2.75, 3.05) is 46.8 Å². The maximum Gasteiger partial charge on any atom is 0.227 e. The van der Waals surface area contributed by atoms with Crippen molar-refractivity contribution in [3.8, 4) is 0 Å². The summed E-state index contributed by atoms with van der Waals surface area (Å²) in [6.45, 7) is 6.98. The molecule has 0 amide bonds. The average molecular weight is 507 g/mol. The lowest BCUT2D eigenvalue weighted by atomic mass is 9.93. The number of benzene rings is 1. The van der Waals surface area contributed by atoms with Gasteiger partial charge in [0.05, 0.1) is 5.75 Å². The molecule has 6 rings (SSSR count). The number of nitrogens with one attached hydrogen (secondary N) is 1. The largest absolute Gasteiger partial charge is 0.370 e. The number of sulfone groups is 1. The van der Waals surface area contributed by atoms with Crippen molar-refractivity contribution < 1.29 is 8.42 Å². The van der Waals surface area contributed by atoms with E-state index < -0.39 is 9.84 Å². The van der Waals surface area contributed by atoms with Crippen LogP contribution in [-0.4, -0.2) is 61.1 Å². The molecule has 190 valence electrons. The lowest BCUT2D eigenvalue weighted by molar-refractivity contribution is 0.445. The Morgan fingerprint density at radius 3 is 2.58 bits per heavy atom. The Morgan fingerprint density at radius 2 is 1.89 bits per heavy atom. The predicted molar refractivity (Wildman–Crippen MR) is 145 cm³/mol. The van der Waals surface area contributed by atoms with Crippen molar-refractivity contribution in [3.05, 3.63) is 42.2 Å². The first kappa shape index (κ1) is 23.5. The van der Waals surface area contributed by atoms with Crippen molar-refractivity contribution in [2.45, 2.75) is 45.1 Å². The summed E-state index contributed by atoms with van der Waals surface area (Å²) in [4.78, 5) is 18.7. The summed E-state index contributed by atoms with van der Waals surface area (Å²) in [5, 5.41) is 5.67. The van der Waals surface area contributed by atoms with E-state index in [0.29, 0.717) is 12.0 Å². The monoisotopic (exact) mass is 506 g/mol. The smallest absolute Gasteiger partial charge is 0.227 e. The van der Waals surface area contributed by atoms with E-state index in [4.69, 9.17) is 9.97 Å². The van der Waals surface area contributed by atoms with E-state index in [9.17, 15) is 8.42 Å². The second kappa shape index (κ2) is 8.87. The summed E-state index contributed by atoms with van der Waals surface area (Å²) in [6.07, 6.45) is 8.91. The molecule has 3 aromatic rings. The molecule has 0 unspecified atom stereocenters. The minimum Gasteiger partial charge on any atom is -0.370 e. The molecule has 0 radical (unpaired) electrons. The molecular weight excluding hydrogens is 472 g/mol. The lowest BCUT2D eigenvalue weighted by Gasteiger charge is -2.41. The average Bonchev–Trinajstić information content (AvgIpc) is 3.44. The molecule has 3 aliphatic rings. The van der Waals surface area contributed by atoms with Crippen LogP contribution in [0.1, 0.15) is 44.6 Å². The minimum absolute atomic E-state index is 0.187. The van der Waals surface area contributed by atoms with Crippen LogP contribution in [0.5, 0.6) is 0 Å². The van der Waals surface area contributed by atoms with Crippen molar-refractivity contribution >= 4 is 43.9 Å². The number of hydrogen-bond acceptors (Lipinski definition) is 8. The molecule has 2 bridgehead atoms. The van der Waals surface area contributed by atoms with Gasteiger partial charge in [0.15, 0.2) is 0 Å². The Morgan fingerprint density at radius 1 is 1.06 bits per heavy atom. The van der Waals surface area contributed by atoms with Crippen LogP contribution in [-0.2, 0) is 9.84 Å². The van der Waals surface area contributed by atoms with Gasteiger partial charge >= 0.3 is 0 Å². The zero-order valence-corrected chi connectivity index (χ0v) is 22.0. The highest BCUT2D eigenvalue weighted by atomic mass is 32.2. The number of nitrogens with zero attached hydrogens (tertiary/aromatic N) is 5. The van der Waals surface area contributed by atoms with Crippen LogP contribution in [0.15, 0.2) is 36.7 Å². The fourth-order valence-corrected chi connectivity index (χ4v) is 7.32. The molecule has 2 saturated heterocycles. The molecule has 8 nitrogen and oxygen atoms in total. The van der Waals surface area contributed by atoms with Crippen LogP contribution in [0.3, 0.4) is 0 Å². The Bertz CT molecular complexity index is 1400. The number of piperidine rings is 1. The van der Waals surface area contributed by atoms with Crippen molar-refractivity contribution in [3.63, 3.8) is 0 Å². The standard InChI is InChI=1S/C27H34N6O2S/c1-17(2)21-6-7-24(32-13-19(14-32)16-36(3,34)35)23-12-29-26(11-22(21)23)30-25-8-9-28-27(31-25)33-15-18-4-5-20(33)10-18/h6-9,11-12,17-20H,4-5,10,13-16H2,1-3H3,(H,28,29,30,31)/t18-,20+/m1/s1. The van der Waals surface area contributed by atoms with Gasteiger partial charge in [-0.05, 0) is 60.2 Å². The fourth-order valence-electron chi connectivity index (χ4n) is 6.25. The molecule has 3 fully saturated rings. The van der Waals surface area contributed by atoms with Crippen LogP contribution in [0.2, 0.25) is 0 Å². The molecular formula is C27H34N6O2S. The van der Waals surface area contributed by atoms with Crippen molar-refractivity contribution in [1.82, 2.24) is 15.0 Å². The minimum atomic E-state index is -2.96. The van der Waals surface area contributed by atoms with Crippen LogP contribution in [0, 0.1) is 11.8 Å².